The molecule has 1 atom stereocenters. The van der Waals surface area contributed by atoms with Crippen LogP contribution < -0.4 is 11.3 Å². The number of aryl methyl sites for hydroxylation is 1. The Morgan fingerprint density at radius 3 is 2.90 bits per heavy atom. The summed E-state index contributed by atoms with van der Waals surface area (Å²) in [5, 5.41) is 4.28. The predicted molar refractivity (Wildman–Crippen MR) is 76.7 cm³/mol. The maximum Gasteiger partial charge on any atom is 0.138 e. The Morgan fingerprint density at radius 1 is 1.45 bits per heavy atom. The van der Waals surface area contributed by atoms with Gasteiger partial charge < -0.3 is 4.42 Å². The van der Waals surface area contributed by atoms with Gasteiger partial charge in [-0.3, -0.25) is 11.3 Å². The molecule has 0 radical (unpaired) electrons. The first-order valence-electron chi connectivity index (χ1n) is 7.04. The molecule has 2 rings (SSSR count). The molecule has 0 bridgehead atoms. The van der Waals surface area contributed by atoms with Crippen LogP contribution in [-0.4, -0.2) is 14.8 Å². The number of hydrogen-bond acceptors (Lipinski definition) is 5. The minimum Gasteiger partial charge on any atom is -0.469 e. The summed E-state index contributed by atoms with van der Waals surface area (Å²) < 4.78 is 7.42. The molecule has 6 heteroatoms. The van der Waals surface area contributed by atoms with Crippen molar-refractivity contribution in [2.45, 2.75) is 46.2 Å². The molecule has 0 spiro atoms. The molecule has 0 amide bonds. The van der Waals surface area contributed by atoms with Crippen LogP contribution in [0.2, 0.25) is 0 Å². The minimum atomic E-state index is -0.0150. The van der Waals surface area contributed by atoms with E-state index in [1.54, 1.807) is 12.6 Å². The van der Waals surface area contributed by atoms with Crippen LogP contribution in [-0.2, 0) is 19.4 Å². The molecule has 0 saturated heterocycles. The van der Waals surface area contributed by atoms with Crippen LogP contribution in [0.4, 0.5) is 0 Å². The van der Waals surface area contributed by atoms with E-state index in [1.165, 1.54) is 0 Å². The van der Waals surface area contributed by atoms with Gasteiger partial charge in [0.05, 0.1) is 12.3 Å². The summed E-state index contributed by atoms with van der Waals surface area (Å²) in [5.74, 6) is 8.13. The van der Waals surface area contributed by atoms with Gasteiger partial charge in [0.1, 0.15) is 17.9 Å². The molecule has 2 heterocycles. The highest BCUT2D eigenvalue weighted by Crippen LogP contribution is 2.22. The first-order chi connectivity index (χ1) is 9.65. The fraction of sp³-hybridized carbons (Fsp3) is 0.571. The highest BCUT2D eigenvalue weighted by atomic mass is 16.3. The molecule has 3 N–H and O–H groups in total. The lowest BCUT2D eigenvalue weighted by molar-refractivity contribution is 0.441. The zero-order valence-corrected chi connectivity index (χ0v) is 12.3. The molecule has 20 heavy (non-hydrogen) atoms. The van der Waals surface area contributed by atoms with Crippen LogP contribution >= 0.6 is 0 Å². The first-order valence-corrected chi connectivity index (χ1v) is 7.04. The van der Waals surface area contributed by atoms with E-state index in [1.807, 2.05) is 10.7 Å². The molecule has 0 aromatic carbocycles. The average Bonchev–Trinajstić information content (AvgIpc) is 3.04. The fourth-order valence-electron chi connectivity index (χ4n) is 2.33. The van der Waals surface area contributed by atoms with Gasteiger partial charge in [-0.1, -0.05) is 20.8 Å². The molecule has 2 aromatic heterocycles. The maximum atomic E-state index is 5.71. The monoisotopic (exact) mass is 277 g/mol. The third-order valence-electron chi connectivity index (χ3n) is 3.30. The summed E-state index contributed by atoms with van der Waals surface area (Å²) in [6.45, 7) is 7.25. The van der Waals surface area contributed by atoms with Crippen molar-refractivity contribution in [2.24, 2.45) is 11.8 Å². The van der Waals surface area contributed by atoms with Gasteiger partial charge in [0.2, 0.25) is 0 Å². The van der Waals surface area contributed by atoms with Crippen molar-refractivity contribution in [2.75, 3.05) is 0 Å². The van der Waals surface area contributed by atoms with Crippen molar-refractivity contribution in [1.82, 2.24) is 20.2 Å². The zero-order chi connectivity index (χ0) is 14.5. The topological polar surface area (TPSA) is 81.9 Å². The van der Waals surface area contributed by atoms with Crippen molar-refractivity contribution in [1.29, 1.82) is 0 Å². The number of hydrazine groups is 1. The second-order valence-corrected chi connectivity index (χ2v) is 5.33. The van der Waals surface area contributed by atoms with Gasteiger partial charge in [-0.15, -0.1) is 0 Å². The van der Waals surface area contributed by atoms with Crippen molar-refractivity contribution in [3.8, 4) is 0 Å². The van der Waals surface area contributed by atoms with Crippen LogP contribution in [0.15, 0.2) is 23.1 Å². The molecule has 0 fully saturated rings. The smallest absolute Gasteiger partial charge is 0.138 e. The van der Waals surface area contributed by atoms with E-state index in [9.17, 15) is 0 Å². The van der Waals surface area contributed by atoms with Crippen LogP contribution in [0.25, 0.3) is 0 Å². The largest absolute Gasteiger partial charge is 0.469 e. The molecule has 0 saturated carbocycles. The van der Waals surface area contributed by atoms with Gasteiger partial charge in [0.25, 0.3) is 0 Å². The Balaban J connectivity index is 2.16. The molecule has 0 aliphatic rings. The fourth-order valence-corrected chi connectivity index (χ4v) is 2.33. The number of furan rings is 1. The number of aromatic nitrogens is 3. The maximum absolute atomic E-state index is 5.71. The van der Waals surface area contributed by atoms with E-state index >= 15 is 0 Å². The Bertz CT molecular complexity index is 531. The lowest BCUT2D eigenvalue weighted by atomic mass is 10.0. The lowest BCUT2D eigenvalue weighted by Gasteiger charge is -2.16. The highest BCUT2D eigenvalue weighted by Gasteiger charge is 2.19. The Hall–Kier alpha value is -1.66. The predicted octanol–water partition coefficient (Wildman–Crippen LogP) is 1.84. The van der Waals surface area contributed by atoms with Crippen molar-refractivity contribution < 1.29 is 4.42 Å². The SMILES string of the molecule is CCc1occc1C(Cc1ncnn1CC(C)C)NN. The average molecular weight is 277 g/mol. The van der Waals surface area contributed by atoms with E-state index < -0.39 is 0 Å². The molecule has 2 aromatic rings. The number of hydrogen-bond donors (Lipinski definition) is 2. The van der Waals surface area contributed by atoms with Gasteiger partial charge in [0, 0.05) is 24.9 Å². The summed E-state index contributed by atoms with van der Waals surface area (Å²) in [6, 6.07) is 1.95. The zero-order valence-electron chi connectivity index (χ0n) is 12.3. The van der Waals surface area contributed by atoms with Gasteiger partial charge in [-0.05, 0) is 12.0 Å². The number of nitrogens with two attached hydrogens (primary N) is 1. The summed E-state index contributed by atoms with van der Waals surface area (Å²) >= 11 is 0. The second kappa shape index (κ2) is 6.67. The molecule has 6 nitrogen and oxygen atoms in total. The van der Waals surface area contributed by atoms with Crippen LogP contribution in [0, 0.1) is 5.92 Å². The molecular weight excluding hydrogens is 254 g/mol. The summed E-state index contributed by atoms with van der Waals surface area (Å²) in [7, 11) is 0. The number of nitrogens with zero attached hydrogens (tertiary/aromatic N) is 3. The van der Waals surface area contributed by atoms with Gasteiger partial charge in [-0.25, -0.2) is 9.67 Å². The van der Waals surface area contributed by atoms with Crippen LogP contribution in [0.3, 0.4) is 0 Å². The van der Waals surface area contributed by atoms with E-state index in [0.717, 1.165) is 30.1 Å². The van der Waals surface area contributed by atoms with E-state index in [2.05, 4.69) is 36.3 Å². The van der Waals surface area contributed by atoms with E-state index in [4.69, 9.17) is 10.3 Å². The van der Waals surface area contributed by atoms with E-state index in [-0.39, 0.29) is 6.04 Å². The second-order valence-electron chi connectivity index (χ2n) is 5.33. The number of nitrogens with one attached hydrogen (secondary N) is 1. The van der Waals surface area contributed by atoms with Crippen molar-refractivity contribution in [3.63, 3.8) is 0 Å². The number of rotatable bonds is 7. The lowest BCUT2D eigenvalue weighted by Crippen LogP contribution is -2.31. The first kappa shape index (κ1) is 14.7. The Morgan fingerprint density at radius 2 is 2.25 bits per heavy atom. The van der Waals surface area contributed by atoms with Crippen molar-refractivity contribution in [3.05, 3.63) is 35.8 Å². The third kappa shape index (κ3) is 3.26. The quantitative estimate of drug-likeness (QED) is 0.596. The summed E-state index contributed by atoms with van der Waals surface area (Å²) in [5.41, 5.74) is 3.95. The standard InChI is InChI=1S/C14H23N5O/c1-4-13-11(5-6-20-13)12(18-15)7-14-16-9-17-19(14)8-10(2)3/h5-6,9-10,12,18H,4,7-8,15H2,1-3H3. The summed E-state index contributed by atoms with van der Waals surface area (Å²) in [6.07, 6.45) is 4.84. The Kier molecular flexibility index (Phi) is 4.92. The third-order valence-corrected chi connectivity index (χ3v) is 3.30. The molecular formula is C14H23N5O. The van der Waals surface area contributed by atoms with E-state index in [0.29, 0.717) is 12.3 Å². The van der Waals surface area contributed by atoms with Crippen LogP contribution in [0.1, 0.15) is 44.0 Å². The van der Waals surface area contributed by atoms with Gasteiger partial charge in [0.15, 0.2) is 0 Å². The Labute approximate surface area is 119 Å². The summed E-state index contributed by atoms with van der Waals surface area (Å²) in [4.78, 5) is 4.35. The van der Waals surface area contributed by atoms with Crippen molar-refractivity contribution >= 4 is 0 Å². The molecule has 0 aliphatic carbocycles. The van der Waals surface area contributed by atoms with Crippen LogP contribution in [0.5, 0.6) is 0 Å². The molecule has 0 aliphatic heterocycles. The van der Waals surface area contributed by atoms with Gasteiger partial charge in [-0.2, -0.15) is 5.10 Å². The highest BCUT2D eigenvalue weighted by molar-refractivity contribution is 5.22. The molecule has 110 valence electrons. The van der Waals surface area contributed by atoms with Gasteiger partial charge >= 0.3 is 0 Å². The normalized spacial score (nSPS) is 13.1. The molecule has 1 unspecified atom stereocenters. The minimum absolute atomic E-state index is 0.0150.